The first kappa shape index (κ1) is 22.4. The van der Waals surface area contributed by atoms with E-state index in [1.165, 1.54) is 18.4 Å². The molecule has 1 aromatic heterocycles. The number of aliphatic hydroxyl groups is 1. The molecule has 5 atom stereocenters. The maximum absolute atomic E-state index is 13.6. The number of nitrogens with one attached hydrogen (secondary N) is 2. The molecular weight excluding hydrogens is 534 g/mol. The molecule has 2 saturated carbocycles. The Balaban J connectivity index is 1.20. The molecular formula is C29H30BrN3O4. The second-order valence-corrected chi connectivity index (χ2v) is 12.6. The summed E-state index contributed by atoms with van der Waals surface area (Å²) in [6.07, 6.45) is 6.72. The monoisotopic (exact) mass is 563 g/mol. The topological polar surface area (TPSA) is 97.8 Å². The van der Waals surface area contributed by atoms with Gasteiger partial charge in [0.15, 0.2) is 11.5 Å². The minimum Gasteiger partial charge on any atom is -0.504 e. The highest BCUT2D eigenvalue weighted by Gasteiger charge is 2.73. The molecule has 3 heterocycles. The van der Waals surface area contributed by atoms with E-state index in [1.807, 2.05) is 30.5 Å². The molecule has 1 amide bonds. The quantitative estimate of drug-likeness (QED) is 0.384. The first-order chi connectivity index (χ1) is 17.9. The molecule has 5 aliphatic rings. The van der Waals surface area contributed by atoms with Crippen LogP contribution in [0.1, 0.15) is 53.6 Å². The standard InChI is InChI=1S/C29H30BrN3O4/c30-19-13-31-24-17(19)2-1-3-18(24)27(35)32-20-8-9-29(36)22-12-16-6-7-21(34)25-23(16)28(29,26(20)37-25)10-11-33(22)14-15-4-5-15/h1-3,6-7,13,15,20,22,26,31,34,36H,4-5,8-12,14H2,(H,32,35)/t20-,22+,26-,28-,29+/m0/s1. The fourth-order valence-corrected chi connectivity index (χ4v) is 8.63. The lowest BCUT2D eigenvalue weighted by Crippen LogP contribution is -2.78. The van der Waals surface area contributed by atoms with Crippen molar-refractivity contribution in [1.82, 2.24) is 15.2 Å². The van der Waals surface area contributed by atoms with Gasteiger partial charge in [-0.3, -0.25) is 9.69 Å². The number of aromatic hydroxyl groups is 1. The fraction of sp³-hybridized carbons (Fsp3) is 0.483. The predicted octanol–water partition coefficient (Wildman–Crippen LogP) is 4.00. The van der Waals surface area contributed by atoms with Crippen molar-refractivity contribution < 1.29 is 19.7 Å². The van der Waals surface area contributed by atoms with E-state index in [0.717, 1.165) is 52.8 Å². The third-order valence-corrected chi connectivity index (χ3v) is 10.6. The molecule has 8 heteroatoms. The zero-order valence-corrected chi connectivity index (χ0v) is 22.1. The first-order valence-electron chi connectivity index (χ1n) is 13.5. The molecule has 37 heavy (non-hydrogen) atoms. The van der Waals surface area contributed by atoms with Gasteiger partial charge < -0.3 is 25.3 Å². The smallest absolute Gasteiger partial charge is 0.253 e. The summed E-state index contributed by atoms with van der Waals surface area (Å²) >= 11 is 3.55. The van der Waals surface area contributed by atoms with Crippen molar-refractivity contribution in [2.45, 2.75) is 67.7 Å². The highest BCUT2D eigenvalue weighted by molar-refractivity contribution is 9.10. The highest BCUT2D eigenvalue weighted by atomic mass is 79.9. The van der Waals surface area contributed by atoms with Gasteiger partial charge in [0.25, 0.3) is 5.91 Å². The van der Waals surface area contributed by atoms with Crippen LogP contribution in [0.3, 0.4) is 0 Å². The van der Waals surface area contributed by atoms with E-state index in [2.05, 4.69) is 31.1 Å². The van der Waals surface area contributed by atoms with Crippen LogP contribution < -0.4 is 10.1 Å². The van der Waals surface area contributed by atoms with E-state index in [9.17, 15) is 15.0 Å². The second-order valence-electron chi connectivity index (χ2n) is 11.8. The summed E-state index contributed by atoms with van der Waals surface area (Å²) in [6.45, 7) is 1.94. The van der Waals surface area contributed by atoms with Crippen LogP contribution in [0.25, 0.3) is 10.9 Å². The van der Waals surface area contributed by atoms with Gasteiger partial charge in [0.05, 0.1) is 28.1 Å². The number of aromatic amines is 1. The number of rotatable bonds is 4. The lowest BCUT2D eigenvalue weighted by molar-refractivity contribution is -0.191. The summed E-state index contributed by atoms with van der Waals surface area (Å²) in [7, 11) is 0. The Morgan fingerprint density at radius 1 is 1.22 bits per heavy atom. The number of piperidine rings is 1. The molecule has 2 bridgehead atoms. The molecule has 4 N–H and O–H groups in total. The van der Waals surface area contributed by atoms with Crippen molar-refractivity contribution in [2.75, 3.05) is 13.1 Å². The molecule has 7 nitrogen and oxygen atoms in total. The minimum atomic E-state index is -0.956. The molecule has 3 aromatic rings. The third kappa shape index (κ3) is 2.87. The van der Waals surface area contributed by atoms with Crippen LogP contribution in [0.15, 0.2) is 41.0 Å². The summed E-state index contributed by atoms with van der Waals surface area (Å²) in [6, 6.07) is 9.19. The zero-order chi connectivity index (χ0) is 25.1. The number of ether oxygens (including phenoxy) is 1. The number of likely N-dealkylation sites (tertiary alicyclic amines) is 1. The number of fused-ring (bicyclic) bond motifs is 1. The lowest BCUT2D eigenvalue weighted by atomic mass is 9.48. The molecule has 192 valence electrons. The number of nitrogens with zero attached hydrogens (tertiary/aromatic N) is 1. The van der Waals surface area contributed by atoms with Crippen molar-refractivity contribution >= 4 is 32.7 Å². The molecule has 0 radical (unpaired) electrons. The van der Waals surface area contributed by atoms with Crippen molar-refractivity contribution in [3.63, 3.8) is 0 Å². The molecule has 1 saturated heterocycles. The number of phenolic OH excluding ortho intramolecular Hbond substituents is 1. The van der Waals surface area contributed by atoms with Gasteiger partial charge in [-0.05, 0) is 84.6 Å². The number of para-hydroxylation sites is 1. The van der Waals surface area contributed by atoms with E-state index in [0.29, 0.717) is 24.2 Å². The molecule has 3 aliphatic carbocycles. The average Bonchev–Trinajstić information content (AvgIpc) is 3.52. The summed E-state index contributed by atoms with van der Waals surface area (Å²) in [5, 5.41) is 27.7. The van der Waals surface area contributed by atoms with Gasteiger partial charge in [0.2, 0.25) is 0 Å². The number of benzene rings is 2. The summed E-state index contributed by atoms with van der Waals surface area (Å²) in [4.78, 5) is 19.4. The number of hydrogen-bond acceptors (Lipinski definition) is 5. The number of hydrogen-bond donors (Lipinski definition) is 4. The van der Waals surface area contributed by atoms with E-state index >= 15 is 0 Å². The van der Waals surface area contributed by atoms with Crippen LogP contribution in [0, 0.1) is 5.92 Å². The third-order valence-electron chi connectivity index (χ3n) is 9.99. The van der Waals surface area contributed by atoms with E-state index in [4.69, 9.17) is 4.74 Å². The highest BCUT2D eigenvalue weighted by Crippen LogP contribution is 2.65. The van der Waals surface area contributed by atoms with Crippen LogP contribution in [0.2, 0.25) is 0 Å². The largest absolute Gasteiger partial charge is 0.504 e. The summed E-state index contributed by atoms with van der Waals surface area (Å²) < 4.78 is 7.50. The van der Waals surface area contributed by atoms with Gasteiger partial charge in [-0.25, -0.2) is 0 Å². The SMILES string of the molecule is O=C(N[C@H]1CC[C@@]2(O)[C@H]3Cc4ccc(O)c5c4[C@@]2(CCN3CC2CC2)[C@H]1O5)c1cccc2c(Br)c[nH]c12. The number of carbonyl (C=O) groups is 1. The number of aromatic nitrogens is 1. The van der Waals surface area contributed by atoms with Crippen LogP contribution in [-0.4, -0.2) is 62.9 Å². The first-order valence-corrected chi connectivity index (χ1v) is 14.2. The number of H-pyrrole nitrogens is 1. The minimum absolute atomic E-state index is 0.0256. The van der Waals surface area contributed by atoms with Crippen molar-refractivity contribution in [1.29, 1.82) is 0 Å². The normalized spacial score (nSPS) is 33.7. The Bertz CT molecular complexity index is 1470. The zero-order valence-electron chi connectivity index (χ0n) is 20.5. The Kier molecular flexibility index (Phi) is 4.56. The fourth-order valence-electron chi connectivity index (χ4n) is 8.18. The molecule has 1 spiro atoms. The second kappa shape index (κ2) is 7.52. The predicted molar refractivity (Wildman–Crippen MR) is 142 cm³/mol. The number of amides is 1. The number of carbonyl (C=O) groups excluding carboxylic acids is 1. The average molecular weight is 564 g/mol. The molecule has 2 aliphatic heterocycles. The van der Waals surface area contributed by atoms with Crippen molar-refractivity contribution in [3.05, 3.63) is 57.7 Å². The maximum atomic E-state index is 13.6. The van der Waals surface area contributed by atoms with Crippen LogP contribution in [0.5, 0.6) is 11.5 Å². The van der Waals surface area contributed by atoms with Gasteiger partial charge in [0, 0.05) is 34.2 Å². The van der Waals surface area contributed by atoms with Gasteiger partial charge in [-0.1, -0.05) is 18.2 Å². The van der Waals surface area contributed by atoms with Crippen LogP contribution in [0.4, 0.5) is 0 Å². The van der Waals surface area contributed by atoms with Gasteiger partial charge in [-0.15, -0.1) is 0 Å². The van der Waals surface area contributed by atoms with Crippen LogP contribution >= 0.6 is 15.9 Å². The van der Waals surface area contributed by atoms with E-state index in [1.54, 1.807) is 6.07 Å². The summed E-state index contributed by atoms with van der Waals surface area (Å²) in [5.74, 6) is 1.21. The molecule has 2 aromatic carbocycles. The molecule has 8 rings (SSSR count). The van der Waals surface area contributed by atoms with Crippen LogP contribution in [-0.2, 0) is 11.8 Å². The van der Waals surface area contributed by atoms with Crippen molar-refractivity contribution in [2.24, 2.45) is 5.92 Å². The van der Waals surface area contributed by atoms with Crippen molar-refractivity contribution in [3.8, 4) is 11.5 Å². The molecule has 3 fully saturated rings. The Labute approximate surface area is 223 Å². The Morgan fingerprint density at radius 3 is 2.92 bits per heavy atom. The maximum Gasteiger partial charge on any atom is 0.253 e. The van der Waals surface area contributed by atoms with Gasteiger partial charge in [-0.2, -0.15) is 0 Å². The summed E-state index contributed by atoms with van der Waals surface area (Å²) in [5.41, 5.74) is 1.93. The molecule has 0 unspecified atom stereocenters. The van der Waals surface area contributed by atoms with Gasteiger partial charge in [0.1, 0.15) is 6.10 Å². The van der Waals surface area contributed by atoms with Gasteiger partial charge >= 0.3 is 0 Å². The Hall–Kier alpha value is -2.55. The number of halogens is 1. The Morgan fingerprint density at radius 2 is 2.08 bits per heavy atom. The number of phenols is 1. The van der Waals surface area contributed by atoms with E-state index < -0.39 is 17.1 Å². The van der Waals surface area contributed by atoms with E-state index in [-0.39, 0.29) is 23.7 Å². The lowest BCUT2D eigenvalue weighted by Gasteiger charge is -2.64.